The number of nitrogens with zero attached hydrogens (tertiary/aromatic N) is 2. The van der Waals surface area contributed by atoms with Gasteiger partial charge in [-0.3, -0.25) is 14.2 Å². The largest absolute Gasteiger partial charge is 0.349 e. The number of benzene rings is 3. The van der Waals surface area contributed by atoms with Crippen LogP contribution in [-0.4, -0.2) is 26.2 Å². The van der Waals surface area contributed by atoms with Crippen molar-refractivity contribution >= 4 is 56.9 Å². The number of aromatic amines is 1. The molecule has 5 aromatic rings. The second-order valence-corrected chi connectivity index (χ2v) is 8.49. The van der Waals surface area contributed by atoms with Gasteiger partial charge in [-0.2, -0.15) is 0 Å². The van der Waals surface area contributed by atoms with Crippen LogP contribution in [0.3, 0.4) is 0 Å². The lowest BCUT2D eigenvalue weighted by Crippen LogP contribution is -2.23. The summed E-state index contributed by atoms with van der Waals surface area (Å²) in [6.45, 7) is 0. The molecule has 0 aliphatic carbocycles. The van der Waals surface area contributed by atoms with Crippen molar-refractivity contribution in [3.05, 3.63) is 94.2 Å². The van der Waals surface area contributed by atoms with Gasteiger partial charge in [0.2, 0.25) is 5.91 Å². The molecule has 0 fully saturated rings. The van der Waals surface area contributed by atoms with Crippen molar-refractivity contribution in [3.8, 4) is 5.69 Å². The Kier molecular flexibility index (Phi) is 5.43. The molecule has 0 saturated carbocycles. The number of anilines is 1. The average molecular weight is 461 g/mol. The van der Waals surface area contributed by atoms with Gasteiger partial charge in [-0.05, 0) is 36.4 Å². The normalized spacial score (nSPS) is 11.2. The summed E-state index contributed by atoms with van der Waals surface area (Å²) in [4.78, 5) is 34.0. The first-order chi connectivity index (χ1) is 15.6. The maximum atomic E-state index is 13.5. The molecule has 1 amide bonds. The van der Waals surface area contributed by atoms with Crippen LogP contribution in [0.2, 0.25) is 5.02 Å². The monoisotopic (exact) mass is 460 g/mol. The number of amides is 1. The summed E-state index contributed by atoms with van der Waals surface area (Å²) in [6, 6.07) is 23.9. The number of rotatable bonds is 5. The van der Waals surface area contributed by atoms with Gasteiger partial charge in [0.05, 0.1) is 11.4 Å². The van der Waals surface area contributed by atoms with Crippen molar-refractivity contribution < 1.29 is 4.79 Å². The highest BCUT2D eigenvalue weighted by molar-refractivity contribution is 7.99. The number of carbonyl (C=O) groups is 1. The average Bonchev–Trinajstić information content (AvgIpc) is 3.17. The standard InChI is InChI=1S/C24H17ClN4O2S/c25-15-7-6-10-17(13-15)29-23(31)22-21(18-11-4-5-12-19(18)27-22)28-24(29)32-14-20(30)26-16-8-2-1-3-9-16/h1-13,27H,14H2,(H,26,30). The number of fused-ring (bicyclic) bond motifs is 3. The summed E-state index contributed by atoms with van der Waals surface area (Å²) >= 11 is 7.38. The Bertz CT molecular complexity index is 1510. The maximum Gasteiger partial charge on any atom is 0.283 e. The predicted molar refractivity (Wildman–Crippen MR) is 130 cm³/mol. The van der Waals surface area contributed by atoms with Gasteiger partial charge in [-0.25, -0.2) is 4.98 Å². The first kappa shape index (κ1) is 20.4. The Morgan fingerprint density at radius 2 is 1.81 bits per heavy atom. The number of H-pyrrole nitrogens is 1. The highest BCUT2D eigenvalue weighted by atomic mass is 35.5. The number of aromatic nitrogens is 3. The summed E-state index contributed by atoms with van der Waals surface area (Å²) in [6.07, 6.45) is 0. The van der Waals surface area contributed by atoms with E-state index < -0.39 is 0 Å². The van der Waals surface area contributed by atoms with Gasteiger partial charge >= 0.3 is 0 Å². The molecule has 0 unspecified atom stereocenters. The molecule has 0 saturated heterocycles. The third-order valence-corrected chi connectivity index (χ3v) is 6.12. The zero-order valence-electron chi connectivity index (χ0n) is 16.7. The molecule has 0 spiro atoms. The van der Waals surface area contributed by atoms with Crippen molar-refractivity contribution in [2.75, 3.05) is 11.1 Å². The zero-order valence-corrected chi connectivity index (χ0v) is 18.3. The van der Waals surface area contributed by atoms with Crippen molar-refractivity contribution in [1.29, 1.82) is 0 Å². The Labute approximate surface area is 192 Å². The molecule has 2 heterocycles. The first-order valence-corrected chi connectivity index (χ1v) is 11.2. The summed E-state index contributed by atoms with van der Waals surface area (Å²) in [7, 11) is 0. The number of thioether (sulfide) groups is 1. The van der Waals surface area contributed by atoms with Crippen LogP contribution in [0.25, 0.3) is 27.6 Å². The summed E-state index contributed by atoms with van der Waals surface area (Å²) < 4.78 is 1.49. The lowest BCUT2D eigenvalue weighted by atomic mass is 10.2. The first-order valence-electron chi connectivity index (χ1n) is 9.87. The Balaban J connectivity index is 1.59. The van der Waals surface area contributed by atoms with E-state index >= 15 is 0 Å². The fourth-order valence-corrected chi connectivity index (χ4v) is 4.52. The van der Waals surface area contributed by atoms with Crippen molar-refractivity contribution in [2.45, 2.75) is 5.16 Å². The number of halogens is 1. The Morgan fingerprint density at radius 3 is 2.62 bits per heavy atom. The van der Waals surface area contributed by atoms with Gasteiger partial charge in [0.1, 0.15) is 11.0 Å². The third kappa shape index (κ3) is 3.88. The molecule has 8 heteroatoms. The molecule has 32 heavy (non-hydrogen) atoms. The van der Waals surface area contributed by atoms with Gasteiger partial charge in [0, 0.05) is 21.6 Å². The van der Waals surface area contributed by atoms with E-state index in [-0.39, 0.29) is 17.2 Å². The zero-order chi connectivity index (χ0) is 22.1. The molecule has 2 aromatic heterocycles. The summed E-state index contributed by atoms with van der Waals surface area (Å²) in [5.74, 6) is -0.0948. The van der Waals surface area contributed by atoms with Gasteiger partial charge < -0.3 is 10.3 Å². The van der Waals surface area contributed by atoms with E-state index in [9.17, 15) is 9.59 Å². The highest BCUT2D eigenvalue weighted by Crippen LogP contribution is 2.27. The number of hydrogen-bond donors (Lipinski definition) is 2. The summed E-state index contributed by atoms with van der Waals surface area (Å²) in [5.41, 5.74) is 2.86. The minimum Gasteiger partial charge on any atom is -0.349 e. The van der Waals surface area contributed by atoms with Crippen molar-refractivity contribution in [2.24, 2.45) is 0 Å². The Morgan fingerprint density at radius 1 is 1.03 bits per heavy atom. The quantitative estimate of drug-likeness (QED) is 0.277. The van der Waals surface area contributed by atoms with E-state index in [1.54, 1.807) is 24.3 Å². The van der Waals surface area contributed by atoms with Crippen LogP contribution in [0.15, 0.2) is 88.8 Å². The number of carbonyl (C=O) groups excluding carboxylic acids is 1. The highest BCUT2D eigenvalue weighted by Gasteiger charge is 2.18. The molecule has 6 nitrogen and oxygen atoms in total. The number of para-hydroxylation sites is 2. The van der Waals surface area contributed by atoms with E-state index in [1.807, 2.05) is 54.6 Å². The van der Waals surface area contributed by atoms with E-state index in [0.717, 1.165) is 10.9 Å². The van der Waals surface area contributed by atoms with E-state index in [4.69, 9.17) is 16.6 Å². The lowest BCUT2D eigenvalue weighted by Gasteiger charge is -2.12. The molecule has 0 aliphatic heterocycles. The van der Waals surface area contributed by atoms with Crippen LogP contribution >= 0.6 is 23.4 Å². The van der Waals surface area contributed by atoms with Crippen LogP contribution in [0, 0.1) is 0 Å². The SMILES string of the molecule is O=C(CSc1nc2c([nH]c3ccccc32)c(=O)n1-c1cccc(Cl)c1)Nc1ccccc1. The topological polar surface area (TPSA) is 79.8 Å². The van der Waals surface area contributed by atoms with Crippen LogP contribution in [0.4, 0.5) is 5.69 Å². The molecule has 0 aliphatic rings. The molecular weight excluding hydrogens is 444 g/mol. The van der Waals surface area contributed by atoms with Gasteiger partial charge in [-0.15, -0.1) is 0 Å². The van der Waals surface area contributed by atoms with Crippen LogP contribution in [0.1, 0.15) is 0 Å². The molecule has 0 radical (unpaired) electrons. The molecule has 0 bridgehead atoms. The molecule has 5 rings (SSSR count). The molecule has 0 atom stereocenters. The number of hydrogen-bond acceptors (Lipinski definition) is 4. The molecule has 158 valence electrons. The minimum atomic E-state index is -0.251. The molecular formula is C24H17ClN4O2S. The molecule has 3 aromatic carbocycles. The summed E-state index contributed by atoms with van der Waals surface area (Å²) in [5, 5.41) is 4.63. The fraction of sp³-hybridized carbons (Fsp3) is 0.0417. The van der Waals surface area contributed by atoms with E-state index in [1.165, 1.54) is 16.3 Å². The van der Waals surface area contributed by atoms with E-state index in [0.29, 0.717) is 32.6 Å². The Hall–Kier alpha value is -3.55. The minimum absolute atomic E-state index is 0.0930. The fourth-order valence-electron chi connectivity index (χ4n) is 3.53. The third-order valence-electron chi connectivity index (χ3n) is 4.95. The second kappa shape index (κ2) is 8.53. The van der Waals surface area contributed by atoms with Gasteiger partial charge in [0.15, 0.2) is 5.16 Å². The molecule has 2 N–H and O–H groups in total. The number of nitrogens with one attached hydrogen (secondary N) is 2. The predicted octanol–water partition coefficient (Wildman–Crippen LogP) is 5.25. The maximum absolute atomic E-state index is 13.5. The van der Waals surface area contributed by atoms with Crippen LogP contribution in [0.5, 0.6) is 0 Å². The van der Waals surface area contributed by atoms with Gasteiger partial charge in [-0.1, -0.05) is 65.8 Å². The second-order valence-electron chi connectivity index (χ2n) is 7.11. The smallest absolute Gasteiger partial charge is 0.283 e. The van der Waals surface area contributed by atoms with Crippen molar-refractivity contribution in [1.82, 2.24) is 14.5 Å². The lowest BCUT2D eigenvalue weighted by molar-refractivity contribution is -0.113. The van der Waals surface area contributed by atoms with E-state index in [2.05, 4.69) is 10.3 Å². The van der Waals surface area contributed by atoms with Crippen LogP contribution < -0.4 is 10.9 Å². The van der Waals surface area contributed by atoms with Gasteiger partial charge in [0.25, 0.3) is 5.56 Å². The van der Waals surface area contributed by atoms with Crippen LogP contribution in [-0.2, 0) is 4.79 Å². The van der Waals surface area contributed by atoms with Crippen molar-refractivity contribution in [3.63, 3.8) is 0 Å².